The predicted molar refractivity (Wildman–Crippen MR) is 61.6 cm³/mol. The Balaban J connectivity index is 2.54. The fraction of sp³-hybridized carbons (Fsp3) is 0.0769. The summed E-state index contributed by atoms with van der Waals surface area (Å²) >= 11 is 0. The molecular weight excluding hydrogens is 221 g/mol. The number of ether oxygens (including phenoxy) is 1. The van der Waals surface area contributed by atoms with Gasteiger partial charge in [-0.2, -0.15) is 0 Å². The zero-order chi connectivity index (χ0) is 12.3. The van der Waals surface area contributed by atoms with Crippen LogP contribution in [0.25, 0.3) is 11.1 Å². The molecule has 86 valence electrons. The van der Waals surface area contributed by atoms with Gasteiger partial charge >= 0.3 is 0 Å². The second-order valence-electron chi connectivity index (χ2n) is 3.45. The monoisotopic (exact) mass is 231 g/mol. The fourth-order valence-corrected chi connectivity index (χ4v) is 1.53. The first-order valence-electron chi connectivity index (χ1n) is 4.99. The van der Waals surface area contributed by atoms with Gasteiger partial charge < -0.3 is 4.74 Å². The van der Waals surface area contributed by atoms with E-state index in [4.69, 9.17) is 4.74 Å². The highest BCUT2D eigenvalue weighted by Crippen LogP contribution is 2.25. The third kappa shape index (κ3) is 2.30. The van der Waals surface area contributed by atoms with Crippen LogP contribution in [-0.4, -0.2) is 18.4 Å². The van der Waals surface area contributed by atoms with Crippen molar-refractivity contribution in [3.8, 4) is 17.0 Å². The van der Waals surface area contributed by atoms with Crippen LogP contribution in [-0.2, 0) is 0 Å². The molecule has 0 amide bonds. The Kier molecular flexibility index (Phi) is 3.14. The Morgan fingerprint density at radius 2 is 2.18 bits per heavy atom. The minimum atomic E-state index is -0.450. The van der Waals surface area contributed by atoms with Crippen LogP contribution >= 0.6 is 0 Å². The summed E-state index contributed by atoms with van der Waals surface area (Å²) < 4.78 is 18.6. The van der Waals surface area contributed by atoms with Crippen molar-refractivity contribution in [3.05, 3.63) is 47.9 Å². The Labute approximate surface area is 97.9 Å². The number of carbonyl (C=O) groups is 1. The van der Waals surface area contributed by atoms with Gasteiger partial charge in [0.15, 0.2) is 0 Å². The van der Waals surface area contributed by atoms with Crippen LogP contribution < -0.4 is 4.74 Å². The molecule has 0 fully saturated rings. The molecule has 0 N–H and O–H groups in total. The van der Waals surface area contributed by atoms with Crippen molar-refractivity contribution >= 4 is 6.29 Å². The van der Waals surface area contributed by atoms with Gasteiger partial charge in [-0.3, -0.25) is 4.79 Å². The highest BCUT2D eigenvalue weighted by Gasteiger charge is 2.08. The van der Waals surface area contributed by atoms with Crippen molar-refractivity contribution in [1.29, 1.82) is 0 Å². The van der Waals surface area contributed by atoms with Gasteiger partial charge in [-0.25, -0.2) is 9.37 Å². The summed E-state index contributed by atoms with van der Waals surface area (Å²) in [6.45, 7) is 0. The van der Waals surface area contributed by atoms with E-state index >= 15 is 0 Å². The van der Waals surface area contributed by atoms with Crippen LogP contribution in [0.4, 0.5) is 4.39 Å². The van der Waals surface area contributed by atoms with E-state index in [0.29, 0.717) is 22.6 Å². The van der Waals surface area contributed by atoms with Crippen LogP contribution in [0.5, 0.6) is 5.88 Å². The average molecular weight is 231 g/mol. The summed E-state index contributed by atoms with van der Waals surface area (Å²) in [4.78, 5) is 14.4. The Morgan fingerprint density at radius 1 is 1.35 bits per heavy atom. The van der Waals surface area contributed by atoms with Gasteiger partial charge in [-0.15, -0.1) is 0 Å². The number of methoxy groups -OCH3 is 1. The molecule has 1 aromatic carbocycles. The fourth-order valence-electron chi connectivity index (χ4n) is 1.53. The van der Waals surface area contributed by atoms with Crippen LogP contribution in [0, 0.1) is 5.82 Å². The van der Waals surface area contributed by atoms with E-state index in [2.05, 4.69) is 4.98 Å². The molecule has 2 aromatic rings. The van der Waals surface area contributed by atoms with Crippen molar-refractivity contribution in [2.45, 2.75) is 0 Å². The predicted octanol–water partition coefficient (Wildman–Crippen LogP) is 2.71. The van der Waals surface area contributed by atoms with Crippen molar-refractivity contribution in [3.63, 3.8) is 0 Å². The molecule has 0 saturated heterocycles. The van der Waals surface area contributed by atoms with Gasteiger partial charge in [0.25, 0.3) is 0 Å². The number of halogens is 1. The van der Waals surface area contributed by atoms with E-state index in [1.165, 1.54) is 13.2 Å². The number of nitrogens with zero attached hydrogens (tertiary/aromatic N) is 1. The minimum Gasteiger partial charge on any atom is -0.481 e. The summed E-state index contributed by atoms with van der Waals surface area (Å²) in [5, 5.41) is 0. The number of benzene rings is 1. The average Bonchev–Trinajstić information content (AvgIpc) is 2.39. The molecule has 0 aliphatic carbocycles. The third-order valence-corrected chi connectivity index (χ3v) is 2.37. The van der Waals surface area contributed by atoms with Gasteiger partial charge in [-0.1, -0.05) is 18.2 Å². The standard InChI is InChI=1S/C13H10FNO2/c1-17-13-6-11(12(14)7-15-13)10-4-2-3-9(5-10)8-16/h2-8H,1H3. The molecule has 0 aliphatic heterocycles. The first kappa shape index (κ1) is 11.3. The second kappa shape index (κ2) is 4.74. The van der Waals surface area contributed by atoms with Crippen molar-refractivity contribution in [2.75, 3.05) is 7.11 Å². The number of aldehydes is 1. The van der Waals surface area contributed by atoms with E-state index in [9.17, 15) is 9.18 Å². The van der Waals surface area contributed by atoms with Crippen LogP contribution in [0.3, 0.4) is 0 Å². The highest BCUT2D eigenvalue weighted by molar-refractivity contribution is 5.79. The summed E-state index contributed by atoms with van der Waals surface area (Å²) in [5.41, 5.74) is 1.48. The maximum Gasteiger partial charge on any atom is 0.213 e. The number of pyridine rings is 1. The zero-order valence-corrected chi connectivity index (χ0v) is 9.18. The van der Waals surface area contributed by atoms with E-state index < -0.39 is 5.82 Å². The molecule has 0 aliphatic rings. The number of rotatable bonds is 3. The maximum atomic E-state index is 13.6. The molecule has 4 heteroatoms. The van der Waals surface area contributed by atoms with Crippen molar-refractivity contribution in [2.24, 2.45) is 0 Å². The minimum absolute atomic E-state index is 0.331. The molecule has 3 nitrogen and oxygen atoms in total. The number of hydrogen-bond donors (Lipinski definition) is 0. The summed E-state index contributed by atoms with van der Waals surface area (Å²) in [7, 11) is 1.46. The third-order valence-electron chi connectivity index (χ3n) is 2.37. The largest absolute Gasteiger partial charge is 0.481 e. The molecule has 17 heavy (non-hydrogen) atoms. The molecule has 0 bridgehead atoms. The van der Waals surface area contributed by atoms with Gasteiger partial charge in [-0.05, 0) is 11.6 Å². The molecule has 0 spiro atoms. The van der Waals surface area contributed by atoms with E-state index in [1.807, 2.05) is 0 Å². The number of carbonyl (C=O) groups excluding carboxylic acids is 1. The lowest BCUT2D eigenvalue weighted by molar-refractivity contribution is 0.112. The lowest BCUT2D eigenvalue weighted by Crippen LogP contribution is -1.92. The molecule has 1 aromatic heterocycles. The van der Waals surface area contributed by atoms with Gasteiger partial charge in [0, 0.05) is 17.2 Å². The lowest BCUT2D eigenvalue weighted by Gasteiger charge is -2.06. The normalized spacial score (nSPS) is 10.0. The SMILES string of the molecule is COc1cc(-c2cccc(C=O)c2)c(F)cn1. The molecule has 0 atom stereocenters. The lowest BCUT2D eigenvalue weighted by atomic mass is 10.0. The van der Waals surface area contributed by atoms with E-state index in [0.717, 1.165) is 12.5 Å². The quantitative estimate of drug-likeness (QED) is 0.762. The Bertz CT molecular complexity index is 555. The first-order chi connectivity index (χ1) is 8.24. The molecule has 0 saturated carbocycles. The van der Waals surface area contributed by atoms with Gasteiger partial charge in [0.05, 0.1) is 13.3 Å². The van der Waals surface area contributed by atoms with Crippen LogP contribution in [0.1, 0.15) is 10.4 Å². The van der Waals surface area contributed by atoms with Crippen LogP contribution in [0.15, 0.2) is 36.5 Å². The Morgan fingerprint density at radius 3 is 2.88 bits per heavy atom. The Hall–Kier alpha value is -2.23. The molecular formula is C13H10FNO2. The van der Waals surface area contributed by atoms with Crippen molar-refractivity contribution in [1.82, 2.24) is 4.98 Å². The second-order valence-corrected chi connectivity index (χ2v) is 3.45. The van der Waals surface area contributed by atoms with Crippen molar-refractivity contribution < 1.29 is 13.9 Å². The summed E-state index contributed by atoms with van der Waals surface area (Å²) in [5.74, 6) is -0.119. The number of hydrogen-bond acceptors (Lipinski definition) is 3. The van der Waals surface area contributed by atoms with Crippen LogP contribution in [0.2, 0.25) is 0 Å². The number of aromatic nitrogens is 1. The highest BCUT2D eigenvalue weighted by atomic mass is 19.1. The topological polar surface area (TPSA) is 39.2 Å². The van der Waals surface area contributed by atoms with E-state index in [-0.39, 0.29) is 0 Å². The van der Waals surface area contributed by atoms with E-state index in [1.54, 1.807) is 24.3 Å². The van der Waals surface area contributed by atoms with Gasteiger partial charge in [0.1, 0.15) is 12.1 Å². The zero-order valence-electron chi connectivity index (χ0n) is 9.18. The smallest absolute Gasteiger partial charge is 0.213 e. The molecule has 1 heterocycles. The molecule has 0 radical (unpaired) electrons. The first-order valence-corrected chi connectivity index (χ1v) is 4.99. The maximum absolute atomic E-state index is 13.6. The van der Waals surface area contributed by atoms with Gasteiger partial charge in [0.2, 0.25) is 5.88 Å². The molecule has 2 rings (SSSR count). The summed E-state index contributed by atoms with van der Waals surface area (Å²) in [6.07, 6.45) is 1.82. The summed E-state index contributed by atoms with van der Waals surface area (Å²) in [6, 6.07) is 8.20. The molecule has 0 unspecified atom stereocenters.